The number of hydrogen-bond acceptors (Lipinski definition) is 5. The average molecular weight is 364 g/mol. The zero-order valence-electron chi connectivity index (χ0n) is 14.0. The zero-order valence-corrected chi connectivity index (χ0v) is 14.8. The predicted molar refractivity (Wildman–Crippen MR) is 99.9 cm³/mol. The molecule has 1 N–H and O–H groups in total. The molecule has 0 aliphatic rings. The van der Waals surface area contributed by atoms with Gasteiger partial charge < -0.3 is 4.74 Å². The molecule has 26 heavy (non-hydrogen) atoms. The maximum Gasteiger partial charge on any atom is 0.222 e. The van der Waals surface area contributed by atoms with Gasteiger partial charge in [0.1, 0.15) is 16.1 Å². The lowest BCUT2D eigenvalue weighted by Crippen LogP contribution is -2.03. The molecular weight excluding hydrogens is 348 g/mol. The van der Waals surface area contributed by atoms with Gasteiger partial charge in [0, 0.05) is 6.07 Å². The van der Waals surface area contributed by atoms with Crippen molar-refractivity contribution in [2.24, 2.45) is 0 Å². The molecule has 2 aromatic heterocycles. The number of aromatic amines is 1. The minimum Gasteiger partial charge on any atom is -0.497 e. The van der Waals surface area contributed by atoms with E-state index in [-0.39, 0.29) is 0 Å². The second-order valence-corrected chi connectivity index (χ2v) is 6.09. The molecule has 0 radical (unpaired) electrons. The first kappa shape index (κ1) is 16.2. The first-order valence-corrected chi connectivity index (χ1v) is 8.42. The fourth-order valence-electron chi connectivity index (χ4n) is 2.60. The number of hydrogen-bond donors (Lipinski definition) is 1. The molecule has 8 heteroatoms. The van der Waals surface area contributed by atoms with Gasteiger partial charge in [0.25, 0.3) is 0 Å². The zero-order chi connectivity index (χ0) is 17.9. The molecule has 130 valence electrons. The summed E-state index contributed by atoms with van der Waals surface area (Å²) in [6, 6.07) is 19.4. The fourth-order valence-corrected chi connectivity index (χ4v) is 2.87. The highest BCUT2D eigenvalue weighted by Crippen LogP contribution is 2.18. The van der Waals surface area contributed by atoms with Gasteiger partial charge in [-0.1, -0.05) is 42.5 Å². The number of nitrogens with zero attached hydrogens (tertiary/aromatic N) is 5. The van der Waals surface area contributed by atoms with Crippen LogP contribution in [-0.2, 0) is 6.54 Å². The van der Waals surface area contributed by atoms with Crippen molar-refractivity contribution in [3.05, 3.63) is 70.9 Å². The van der Waals surface area contributed by atoms with E-state index >= 15 is 0 Å². The van der Waals surface area contributed by atoms with Crippen LogP contribution in [0.5, 0.6) is 5.75 Å². The summed E-state index contributed by atoms with van der Waals surface area (Å²) in [6.45, 7) is 0.563. The highest BCUT2D eigenvalue weighted by Gasteiger charge is 2.11. The smallest absolute Gasteiger partial charge is 0.222 e. The summed E-state index contributed by atoms with van der Waals surface area (Å²) < 4.78 is 7.61. The summed E-state index contributed by atoms with van der Waals surface area (Å²) >= 11 is 5.45. The van der Waals surface area contributed by atoms with Crippen LogP contribution in [-0.4, -0.2) is 37.1 Å². The Morgan fingerprint density at radius 3 is 2.58 bits per heavy atom. The Bertz CT molecular complexity index is 1070. The Morgan fingerprint density at radius 2 is 1.85 bits per heavy atom. The van der Waals surface area contributed by atoms with Crippen molar-refractivity contribution in [2.75, 3.05) is 7.11 Å². The van der Waals surface area contributed by atoms with E-state index in [0.29, 0.717) is 22.7 Å². The van der Waals surface area contributed by atoms with E-state index in [0.717, 1.165) is 17.0 Å². The third kappa shape index (κ3) is 3.27. The number of rotatable bonds is 5. The van der Waals surface area contributed by atoms with Gasteiger partial charge in [-0.25, -0.2) is 4.68 Å². The molecule has 0 saturated carbocycles. The molecule has 2 aromatic carbocycles. The molecular formula is C18H16N6OS. The van der Waals surface area contributed by atoms with Crippen molar-refractivity contribution >= 4 is 12.2 Å². The fraction of sp³-hybridized carbons (Fsp3) is 0.111. The van der Waals surface area contributed by atoms with E-state index in [1.54, 1.807) is 16.6 Å². The third-order valence-corrected chi connectivity index (χ3v) is 4.21. The molecule has 0 aliphatic heterocycles. The van der Waals surface area contributed by atoms with Crippen molar-refractivity contribution in [2.45, 2.75) is 6.54 Å². The number of benzene rings is 2. The number of ether oxygens (including phenoxy) is 1. The van der Waals surface area contributed by atoms with Crippen LogP contribution in [0.15, 0.2) is 60.7 Å². The summed E-state index contributed by atoms with van der Waals surface area (Å²) in [5, 5.41) is 15.9. The predicted octanol–water partition coefficient (Wildman–Crippen LogP) is 3.25. The molecule has 2 heterocycles. The summed E-state index contributed by atoms with van der Waals surface area (Å²) in [5.74, 6) is 1.29. The van der Waals surface area contributed by atoms with Crippen molar-refractivity contribution < 1.29 is 4.74 Å². The molecule has 0 saturated heterocycles. The standard InChI is InChI=1S/C18H16N6OS/c1-25-15-9-7-14(8-10-15)24-17(26)11-16(20-24)18-19-22-23(21-18)12-13-5-3-2-4-6-13/h2-11,20H,12H2,1H3. The van der Waals surface area contributed by atoms with Crippen LogP contribution < -0.4 is 4.74 Å². The van der Waals surface area contributed by atoms with Crippen molar-refractivity contribution in [1.82, 2.24) is 30.0 Å². The molecule has 0 aliphatic carbocycles. The van der Waals surface area contributed by atoms with Gasteiger partial charge in [0.2, 0.25) is 5.82 Å². The van der Waals surface area contributed by atoms with Gasteiger partial charge in [0.05, 0.1) is 19.3 Å². The highest BCUT2D eigenvalue weighted by atomic mass is 32.1. The molecule has 0 amide bonds. The number of H-pyrrole nitrogens is 1. The minimum atomic E-state index is 0.499. The summed E-state index contributed by atoms with van der Waals surface area (Å²) in [6.07, 6.45) is 0. The van der Waals surface area contributed by atoms with Crippen LogP contribution in [0.1, 0.15) is 5.56 Å². The van der Waals surface area contributed by atoms with Crippen LogP contribution >= 0.6 is 12.2 Å². The average Bonchev–Trinajstić information content (AvgIpc) is 3.29. The van der Waals surface area contributed by atoms with Crippen LogP contribution in [0.2, 0.25) is 0 Å². The van der Waals surface area contributed by atoms with Gasteiger partial charge in [0.15, 0.2) is 0 Å². The topological polar surface area (TPSA) is 73.6 Å². The highest BCUT2D eigenvalue weighted by molar-refractivity contribution is 7.71. The molecule has 7 nitrogen and oxygen atoms in total. The first-order valence-electron chi connectivity index (χ1n) is 8.01. The Balaban J connectivity index is 1.60. The molecule has 0 atom stereocenters. The molecule has 4 aromatic rings. The second kappa shape index (κ2) is 6.93. The van der Waals surface area contributed by atoms with E-state index < -0.39 is 0 Å². The molecule has 0 unspecified atom stereocenters. The molecule has 0 spiro atoms. The maximum absolute atomic E-state index is 5.45. The van der Waals surface area contributed by atoms with Crippen LogP contribution in [0.25, 0.3) is 17.2 Å². The summed E-state index contributed by atoms with van der Waals surface area (Å²) in [7, 11) is 1.64. The lowest BCUT2D eigenvalue weighted by molar-refractivity contribution is 0.414. The summed E-state index contributed by atoms with van der Waals surface area (Å²) in [4.78, 5) is 1.56. The van der Waals surface area contributed by atoms with E-state index in [9.17, 15) is 0 Å². The van der Waals surface area contributed by atoms with E-state index in [4.69, 9.17) is 17.0 Å². The lowest BCUT2D eigenvalue weighted by atomic mass is 10.2. The Labute approximate surface area is 154 Å². The SMILES string of the molecule is COc1ccc(-n2[nH]c(-c3nnn(Cc4ccccc4)n3)cc2=S)cc1. The van der Waals surface area contributed by atoms with Gasteiger partial charge in [-0.2, -0.15) is 4.80 Å². The van der Waals surface area contributed by atoms with Gasteiger partial charge in [-0.3, -0.25) is 5.10 Å². The maximum atomic E-state index is 5.45. The van der Waals surface area contributed by atoms with Crippen LogP contribution in [0, 0.1) is 4.64 Å². The van der Waals surface area contributed by atoms with E-state index in [1.165, 1.54) is 0 Å². The monoisotopic (exact) mass is 364 g/mol. The normalized spacial score (nSPS) is 10.8. The summed E-state index contributed by atoms with van der Waals surface area (Å²) in [5.41, 5.74) is 2.73. The molecule has 0 bridgehead atoms. The van der Waals surface area contributed by atoms with Gasteiger partial charge in [-0.15, -0.1) is 10.2 Å². The quantitative estimate of drug-likeness (QED) is 0.550. The van der Waals surface area contributed by atoms with Crippen molar-refractivity contribution in [3.63, 3.8) is 0 Å². The minimum absolute atomic E-state index is 0.499. The van der Waals surface area contributed by atoms with E-state index in [2.05, 4.69) is 20.5 Å². The Morgan fingerprint density at radius 1 is 1.08 bits per heavy atom. The molecule has 4 rings (SSSR count). The molecule has 0 fully saturated rings. The van der Waals surface area contributed by atoms with Crippen molar-refractivity contribution in [1.29, 1.82) is 0 Å². The largest absolute Gasteiger partial charge is 0.497 e. The van der Waals surface area contributed by atoms with Gasteiger partial charge >= 0.3 is 0 Å². The number of tetrazole rings is 1. The van der Waals surface area contributed by atoms with Crippen molar-refractivity contribution in [3.8, 4) is 23.0 Å². The van der Waals surface area contributed by atoms with E-state index in [1.807, 2.05) is 60.7 Å². The van der Waals surface area contributed by atoms with Gasteiger partial charge in [-0.05, 0) is 35.0 Å². The number of aromatic nitrogens is 6. The lowest BCUT2D eigenvalue weighted by Gasteiger charge is -2.04. The number of nitrogens with one attached hydrogen (secondary N) is 1. The Hall–Kier alpha value is -3.26. The van der Waals surface area contributed by atoms with Crippen LogP contribution in [0.3, 0.4) is 0 Å². The second-order valence-electron chi connectivity index (χ2n) is 5.67. The number of methoxy groups -OCH3 is 1. The third-order valence-electron chi connectivity index (χ3n) is 3.91. The Kier molecular flexibility index (Phi) is 4.32. The van der Waals surface area contributed by atoms with Crippen LogP contribution in [0.4, 0.5) is 0 Å². The first-order chi connectivity index (χ1) is 12.7.